The highest BCUT2D eigenvalue weighted by Gasteiger charge is 2.21. The van der Waals surface area contributed by atoms with Gasteiger partial charge in [-0.05, 0) is 38.8 Å². The zero-order chi connectivity index (χ0) is 11.9. The Bertz CT molecular complexity index is 274. The summed E-state index contributed by atoms with van der Waals surface area (Å²) in [4.78, 5) is 0. The first-order chi connectivity index (χ1) is 7.70. The van der Waals surface area contributed by atoms with E-state index in [2.05, 4.69) is 24.3 Å². The third kappa shape index (κ3) is 4.33. The lowest BCUT2D eigenvalue weighted by molar-refractivity contribution is 0.162. The Labute approximate surface area is 97.7 Å². The molecule has 1 aromatic rings. The second kappa shape index (κ2) is 6.66. The van der Waals surface area contributed by atoms with Crippen molar-refractivity contribution in [2.75, 3.05) is 13.2 Å². The molecule has 0 aliphatic rings. The molecule has 2 N–H and O–H groups in total. The van der Waals surface area contributed by atoms with Crippen molar-refractivity contribution in [2.24, 2.45) is 0 Å². The fourth-order valence-electron chi connectivity index (χ4n) is 1.71. The summed E-state index contributed by atoms with van der Waals surface area (Å²) in [5.41, 5.74) is -0.150. The molecule has 0 aromatic carbocycles. The third-order valence-corrected chi connectivity index (χ3v) is 2.83. The van der Waals surface area contributed by atoms with Crippen LogP contribution in [0.4, 0.5) is 0 Å². The fraction of sp³-hybridized carbons (Fsp3) is 0.750. The van der Waals surface area contributed by atoms with Crippen molar-refractivity contribution in [1.82, 2.24) is 15.1 Å². The molecule has 1 rings (SSSR count). The van der Waals surface area contributed by atoms with Crippen LogP contribution in [0, 0.1) is 0 Å². The smallest absolute Gasteiger partial charge is 0.0610 e. The largest absolute Gasteiger partial charge is 0.394 e. The number of aliphatic hydroxyl groups is 1. The maximum absolute atomic E-state index is 9.38. The average molecular weight is 225 g/mol. The Kier molecular flexibility index (Phi) is 5.49. The second-order valence-electron chi connectivity index (χ2n) is 4.52. The van der Waals surface area contributed by atoms with Crippen LogP contribution >= 0.6 is 0 Å². The summed E-state index contributed by atoms with van der Waals surface area (Å²) in [6, 6.07) is 1.93. The molecule has 0 amide bonds. The molecule has 1 unspecified atom stereocenters. The molecule has 0 saturated carbocycles. The lowest BCUT2D eigenvalue weighted by Crippen LogP contribution is -2.46. The van der Waals surface area contributed by atoms with Crippen molar-refractivity contribution in [2.45, 2.75) is 45.2 Å². The van der Waals surface area contributed by atoms with E-state index in [1.165, 1.54) is 0 Å². The molecule has 0 bridgehead atoms. The van der Waals surface area contributed by atoms with Gasteiger partial charge in [0.05, 0.1) is 6.61 Å². The Morgan fingerprint density at radius 3 is 2.88 bits per heavy atom. The van der Waals surface area contributed by atoms with Gasteiger partial charge in [0.2, 0.25) is 0 Å². The van der Waals surface area contributed by atoms with E-state index < -0.39 is 0 Å². The minimum atomic E-state index is -0.150. The lowest BCUT2D eigenvalue weighted by Gasteiger charge is -2.28. The standard InChI is InChI=1S/C12H23N3O/c1-3-7-13-12(2,11-16)6-4-9-15-10-5-8-14-15/h5,8,10,13,16H,3-4,6-7,9,11H2,1-2H3. The van der Waals surface area contributed by atoms with Crippen molar-refractivity contribution in [3.8, 4) is 0 Å². The maximum Gasteiger partial charge on any atom is 0.0610 e. The van der Waals surface area contributed by atoms with Gasteiger partial charge in [0.1, 0.15) is 0 Å². The zero-order valence-electron chi connectivity index (χ0n) is 10.3. The van der Waals surface area contributed by atoms with Crippen LogP contribution in [0.1, 0.15) is 33.1 Å². The van der Waals surface area contributed by atoms with Crippen molar-refractivity contribution in [3.05, 3.63) is 18.5 Å². The molecule has 16 heavy (non-hydrogen) atoms. The molecule has 1 heterocycles. The summed E-state index contributed by atoms with van der Waals surface area (Å²) < 4.78 is 1.93. The number of aliphatic hydroxyl groups excluding tert-OH is 1. The van der Waals surface area contributed by atoms with E-state index >= 15 is 0 Å². The minimum absolute atomic E-state index is 0.150. The third-order valence-electron chi connectivity index (χ3n) is 2.83. The molecule has 0 fully saturated rings. The molecule has 0 aliphatic carbocycles. The van der Waals surface area contributed by atoms with Gasteiger partial charge < -0.3 is 10.4 Å². The Balaban J connectivity index is 2.27. The van der Waals surface area contributed by atoms with Crippen LogP contribution < -0.4 is 5.32 Å². The van der Waals surface area contributed by atoms with Gasteiger partial charge in [-0.15, -0.1) is 0 Å². The number of nitrogens with one attached hydrogen (secondary N) is 1. The molecular weight excluding hydrogens is 202 g/mol. The summed E-state index contributed by atoms with van der Waals surface area (Å²) in [6.45, 7) is 6.27. The van der Waals surface area contributed by atoms with E-state index in [1.807, 2.05) is 16.9 Å². The summed E-state index contributed by atoms with van der Waals surface area (Å²) >= 11 is 0. The molecule has 0 radical (unpaired) electrons. The first kappa shape index (κ1) is 13.2. The van der Waals surface area contributed by atoms with Crippen molar-refractivity contribution in [1.29, 1.82) is 0 Å². The van der Waals surface area contributed by atoms with Crippen LogP contribution in [0.5, 0.6) is 0 Å². The van der Waals surface area contributed by atoms with Crippen molar-refractivity contribution < 1.29 is 5.11 Å². The monoisotopic (exact) mass is 225 g/mol. The first-order valence-corrected chi connectivity index (χ1v) is 6.03. The van der Waals surface area contributed by atoms with E-state index in [1.54, 1.807) is 6.20 Å². The number of aromatic nitrogens is 2. The molecule has 92 valence electrons. The first-order valence-electron chi connectivity index (χ1n) is 6.03. The molecule has 1 atom stereocenters. The van der Waals surface area contributed by atoms with Crippen LogP contribution in [0.25, 0.3) is 0 Å². The van der Waals surface area contributed by atoms with Crippen LogP contribution in [-0.4, -0.2) is 33.6 Å². The van der Waals surface area contributed by atoms with Crippen LogP contribution in [0.15, 0.2) is 18.5 Å². The van der Waals surface area contributed by atoms with Gasteiger partial charge in [-0.1, -0.05) is 6.92 Å². The van der Waals surface area contributed by atoms with Crippen LogP contribution in [-0.2, 0) is 6.54 Å². The van der Waals surface area contributed by atoms with Gasteiger partial charge >= 0.3 is 0 Å². The maximum atomic E-state index is 9.38. The quantitative estimate of drug-likeness (QED) is 0.703. The van der Waals surface area contributed by atoms with Crippen LogP contribution in [0.2, 0.25) is 0 Å². The Morgan fingerprint density at radius 1 is 1.50 bits per heavy atom. The predicted octanol–water partition coefficient (Wildman–Crippen LogP) is 1.41. The van der Waals surface area contributed by atoms with Gasteiger partial charge in [-0.3, -0.25) is 4.68 Å². The van der Waals surface area contributed by atoms with E-state index in [9.17, 15) is 5.11 Å². The SMILES string of the molecule is CCCNC(C)(CO)CCCn1cccn1. The molecule has 1 aromatic heterocycles. The minimum Gasteiger partial charge on any atom is -0.394 e. The highest BCUT2D eigenvalue weighted by molar-refractivity contribution is 4.83. The number of rotatable bonds is 8. The normalized spacial score (nSPS) is 14.9. The van der Waals surface area contributed by atoms with Gasteiger partial charge in [-0.25, -0.2) is 0 Å². The number of hydrogen-bond donors (Lipinski definition) is 2. The fourth-order valence-corrected chi connectivity index (χ4v) is 1.71. The van der Waals surface area contributed by atoms with E-state index in [-0.39, 0.29) is 12.1 Å². The van der Waals surface area contributed by atoms with E-state index in [0.717, 1.165) is 32.4 Å². The highest BCUT2D eigenvalue weighted by Crippen LogP contribution is 2.12. The van der Waals surface area contributed by atoms with E-state index in [4.69, 9.17) is 0 Å². The van der Waals surface area contributed by atoms with Gasteiger partial charge in [-0.2, -0.15) is 5.10 Å². The summed E-state index contributed by atoms with van der Waals surface area (Å²) in [5.74, 6) is 0. The number of aryl methyl sites for hydroxylation is 1. The van der Waals surface area contributed by atoms with Gasteiger partial charge in [0.25, 0.3) is 0 Å². The van der Waals surface area contributed by atoms with Crippen molar-refractivity contribution >= 4 is 0 Å². The molecule has 4 nitrogen and oxygen atoms in total. The zero-order valence-corrected chi connectivity index (χ0v) is 10.3. The molecule has 0 saturated heterocycles. The summed E-state index contributed by atoms with van der Waals surface area (Å²) in [7, 11) is 0. The van der Waals surface area contributed by atoms with Crippen molar-refractivity contribution in [3.63, 3.8) is 0 Å². The molecule has 4 heteroatoms. The number of hydrogen-bond acceptors (Lipinski definition) is 3. The van der Waals surface area contributed by atoms with Crippen LogP contribution in [0.3, 0.4) is 0 Å². The topological polar surface area (TPSA) is 50.1 Å². The lowest BCUT2D eigenvalue weighted by atomic mass is 9.96. The number of nitrogens with zero attached hydrogens (tertiary/aromatic N) is 2. The van der Waals surface area contributed by atoms with Gasteiger partial charge in [0.15, 0.2) is 0 Å². The second-order valence-corrected chi connectivity index (χ2v) is 4.52. The Hall–Kier alpha value is -0.870. The molecular formula is C12H23N3O. The van der Waals surface area contributed by atoms with Gasteiger partial charge in [0, 0.05) is 24.5 Å². The predicted molar refractivity (Wildman–Crippen MR) is 65.2 cm³/mol. The molecule has 0 aliphatic heterocycles. The Morgan fingerprint density at radius 2 is 2.31 bits per heavy atom. The molecule has 0 spiro atoms. The highest BCUT2D eigenvalue weighted by atomic mass is 16.3. The summed E-state index contributed by atoms with van der Waals surface area (Å²) in [6.07, 6.45) is 6.84. The summed E-state index contributed by atoms with van der Waals surface area (Å²) in [5, 5.41) is 16.9. The van der Waals surface area contributed by atoms with E-state index in [0.29, 0.717) is 0 Å². The average Bonchev–Trinajstić information content (AvgIpc) is 2.79.